The second-order valence-corrected chi connectivity index (χ2v) is 3.84. The third kappa shape index (κ3) is 0.999. The molecule has 14 heavy (non-hydrogen) atoms. The fourth-order valence-corrected chi connectivity index (χ4v) is 2.17. The standard InChI is InChI=1S/C12H8ClN/c13-10-6-3-5-9-8-4-1-2-7-11(8)14-12(9)10/h1-7,14H/p+1. The van der Waals surface area contributed by atoms with E-state index in [2.05, 4.69) is 35.6 Å². The van der Waals surface area contributed by atoms with E-state index in [9.17, 15) is 0 Å². The molecule has 1 aliphatic rings. The largest absolute Gasteiger partial charge is 0.279 e. The molecular formula is C12H9ClN+. The number of hydrogen-bond acceptors (Lipinski definition) is 0. The minimum absolute atomic E-state index is 0.832. The van der Waals surface area contributed by atoms with Crippen LogP contribution in [0.15, 0.2) is 42.5 Å². The number of para-hydroxylation sites is 2. The molecule has 1 nitrogen and oxygen atoms in total. The number of fused-ring (bicyclic) bond motifs is 3. The van der Waals surface area contributed by atoms with Crippen molar-refractivity contribution in [1.82, 2.24) is 0 Å². The molecule has 0 amide bonds. The van der Waals surface area contributed by atoms with E-state index >= 15 is 0 Å². The van der Waals surface area contributed by atoms with Gasteiger partial charge in [-0.2, -0.15) is 0 Å². The number of nitrogens with two attached hydrogens (primary N) is 1. The van der Waals surface area contributed by atoms with Crippen LogP contribution in [0.5, 0.6) is 0 Å². The van der Waals surface area contributed by atoms with Crippen LogP contribution in [0, 0.1) is 0 Å². The van der Waals surface area contributed by atoms with Crippen LogP contribution in [0.2, 0.25) is 5.02 Å². The summed E-state index contributed by atoms with van der Waals surface area (Å²) in [5.41, 5.74) is 4.93. The molecule has 0 fully saturated rings. The SMILES string of the molecule is Clc1cccc2c1[NH2+]c1ccccc1-2. The fourth-order valence-electron chi connectivity index (χ4n) is 1.94. The van der Waals surface area contributed by atoms with Crippen molar-refractivity contribution in [2.75, 3.05) is 0 Å². The predicted molar refractivity (Wildman–Crippen MR) is 58.1 cm³/mol. The Morgan fingerprint density at radius 1 is 0.857 bits per heavy atom. The fraction of sp³-hybridized carbons (Fsp3) is 0. The summed E-state index contributed by atoms with van der Waals surface area (Å²) in [6, 6.07) is 14.4. The van der Waals surface area contributed by atoms with Gasteiger partial charge < -0.3 is 0 Å². The molecule has 0 unspecified atom stereocenters. The van der Waals surface area contributed by atoms with Gasteiger partial charge in [0.05, 0.1) is 5.56 Å². The van der Waals surface area contributed by atoms with Crippen molar-refractivity contribution >= 4 is 23.0 Å². The first kappa shape index (κ1) is 8.04. The predicted octanol–water partition coefficient (Wildman–Crippen LogP) is 2.85. The number of rotatable bonds is 0. The van der Waals surface area contributed by atoms with Gasteiger partial charge in [-0.1, -0.05) is 29.8 Å². The number of benzene rings is 2. The topological polar surface area (TPSA) is 16.6 Å². The van der Waals surface area contributed by atoms with Crippen molar-refractivity contribution in [2.24, 2.45) is 0 Å². The van der Waals surface area contributed by atoms with Crippen LogP contribution in [-0.4, -0.2) is 0 Å². The van der Waals surface area contributed by atoms with E-state index in [-0.39, 0.29) is 0 Å². The molecule has 0 saturated carbocycles. The van der Waals surface area contributed by atoms with Crippen LogP contribution in [0.1, 0.15) is 0 Å². The van der Waals surface area contributed by atoms with Crippen LogP contribution in [0.25, 0.3) is 11.1 Å². The summed E-state index contributed by atoms with van der Waals surface area (Å²) in [5, 5.41) is 2.98. The minimum Gasteiger partial charge on any atom is -0.279 e. The Bertz CT molecular complexity index is 505. The highest BCUT2D eigenvalue weighted by atomic mass is 35.5. The highest BCUT2D eigenvalue weighted by molar-refractivity contribution is 6.33. The van der Waals surface area contributed by atoms with Crippen molar-refractivity contribution in [3.63, 3.8) is 0 Å². The molecule has 2 aromatic rings. The summed E-state index contributed by atoms with van der Waals surface area (Å²) in [6.07, 6.45) is 0. The third-order valence-corrected chi connectivity index (χ3v) is 2.93. The van der Waals surface area contributed by atoms with E-state index in [0.717, 1.165) is 10.7 Å². The van der Waals surface area contributed by atoms with Crippen molar-refractivity contribution in [2.45, 2.75) is 0 Å². The van der Waals surface area contributed by atoms with Crippen molar-refractivity contribution in [1.29, 1.82) is 0 Å². The Kier molecular flexibility index (Phi) is 1.63. The van der Waals surface area contributed by atoms with E-state index in [0.29, 0.717) is 0 Å². The van der Waals surface area contributed by atoms with Gasteiger partial charge in [0.1, 0.15) is 10.7 Å². The molecule has 0 aliphatic carbocycles. The molecule has 0 bridgehead atoms. The first-order valence-corrected chi connectivity index (χ1v) is 4.97. The van der Waals surface area contributed by atoms with Crippen molar-refractivity contribution < 1.29 is 5.32 Å². The Balaban J connectivity index is 2.33. The molecule has 2 heteroatoms. The summed E-state index contributed by atoms with van der Waals surface area (Å²) in [7, 11) is 0. The van der Waals surface area contributed by atoms with Gasteiger partial charge >= 0.3 is 0 Å². The molecule has 0 radical (unpaired) electrons. The molecule has 0 aromatic heterocycles. The first-order chi connectivity index (χ1) is 6.86. The number of quaternary nitrogens is 1. The van der Waals surface area contributed by atoms with Gasteiger partial charge in [0.25, 0.3) is 0 Å². The Morgan fingerprint density at radius 2 is 1.64 bits per heavy atom. The maximum atomic E-state index is 6.13. The zero-order valence-corrected chi connectivity index (χ0v) is 8.25. The van der Waals surface area contributed by atoms with E-state index < -0.39 is 0 Å². The van der Waals surface area contributed by atoms with Crippen LogP contribution in [0.4, 0.5) is 11.4 Å². The van der Waals surface area contributed by atoms with Crippen LogP contribution in [-0.2, 0) is 0 Å². The third-order valence-electron chi connectivity index (χ3n) is 2.60. The summed E-state index contributed by atoms with van der Waals surface area (Å²) < 4.78 is 0. The van der Waals surface area contributed by atoms with Gasteiger partial charge in [-0.3, -0.25) is 5.32 Å². The summed E-state index contributed by atoms with van der Waals surface area (Å²) >= 11 is 6.13. The lowest BCUT2D eigenvalue weighted by molar-refractivity contribution is -0.473. The smallest absolute Gasteiger partial charge is 0.161 e. The molecule has 0 spiro atoms. The quantitative estimate of drug-likeness (QED) is 0.540. The molecule has 0 saturated heterocycles. The minimum atomic E-state index is 0.832. The number of hydrogen-bond donors (Lipinski definition) is 1. The summed E-state index contributed by atoms with van der Waals surface area (Å²) in [6.45, 7) is 0. The van der Waals surface area contributed by atoms with E-state index in [1.807, 2.05) is 12.1 Å². The normalized spacial score (nSPS) is 12.4. The Hall–Kier alpha value is -1.31. The average molecular weight is 203 g/mol. The lowest BCUT2D eigenvalue weighted by atomic mass is 10.1. The molecular weight excluding hydrogens is 194 g/mol. The van der Waals surface area contributed by atoms with E-state index in [1.54, 1.807) is 0 Å². The van der Waals surface area contributed by atoms with Gasteiger partial charge in [-0.25, -0.2) is 0 Å². The molecule has 3 rings (SSSR count). The lowest BCUT2D eigenvalue weighted by Gasteiger charge is -1.95. The second-order valence-electron chi connectivity index (χ2n) is 3.43. The summed E-state index contributed by atoms with van der Waals surface area (Å²) in [4.78, 5) is 0. The molecule has 1 heterocycles. The molecule has 0 atom stereocenters. The molecule has 2 aromatic carbocycles. The Morgan fingerprint density at radius 3 is 2.57 bits per heavy atom. The van der Waals surface area contributed by atoms with E-state index in [4.69, 9.17) is 11.6 Å². The Labute approximate surface area is 87.3 Å². The zero-order valence-electron chi connectivity index (χ0n) is 7.50. The van der Waals surface area contributed by atoms with Gasteiger partial charge in [0, 0.05) is 11.6 Å². The van der Waals surface area contributed by atoms with Crippen LogP contribution in [0.3, 0.4) is 0 Å². The summed E-state index contributed by atoms with van der Waals surface area (Å²) in [5.74, 6) is 0. The maximum Gasteiger partial charge on any atom is 0.161 e. The van der Waals surface area contributed by atoms with Gasteiger partial charge in [-0.05, 0) is 18.2 Å². The lowest BCUT2D eigenvalue weighted by Crippen LogP contribution is -2.69. The van der Waals surface area contributed by atoms with Gasteiger partial charge in [0.15, 0.2) is 5.69 Å². The first-order valence-electron chi connectivity index (χ1n) is 4.59. The van der Waals surface area contributed by atoms with Crippen LogP contribution < -0.4 is 5.32 Å². The van der Waals surface area contributed by atoms with Gasteiger partial charge in [-0.15, -0.1) is 0 Å². The second kappa shape index (κ2) is 2.84. The van der Waals surface area contributed by atoms with Crippen LogP contribution >= 0.6 is 11.6 Å². The monoisotopic (exact) mass is 202 g/mol. The molecule has 68 valence electrons. The van der Waals surface area contributed by atoms with Crippen molar-refractivity contribution in [3.05, 3.63) is 47.5 Å². The zero-order chi connectivity index (χ0) is 9.54. The number of halogens is 1. The highest BCUT2D eigenvalue weighted by Gasteiger charge is 2.24. The van der Waals surface area contributed by atoms with Gasteiger partial charge in [0.2, 0.25) is 0 Å². The van der Waals surface area contributed by atoms with Crippen molar-refractivity contribution in [3.8, 4) is 11.1 Å². The molecule has 1 aliphatic heterocycles. The average Bonchev–Trinajstić information content (AvgIpc) is 2.59. The maximum absolute atomic E-state index is 6.13. The molecule has 2 N–H and O–H groups in total. The highest BCUT2D eigenvalue weighted by Crippen LogP contribution is 2.38. The van der Waals surface area contributed by atoms with E-state index in [1.165, 1.54) is 16.8 Å².